The number of hydrogen-bond acceptors (Lipinski definition) is 2. The van der Waals surface area contributed by atoms with Crippen molar-refractivity contribution in [3.63, 3.8) is 0 Å². The van der Waals surface area contributed by atoms with Crippen LogP contribution in [0.4, 0.5) is 13.2 Å². The van der Waals surface area contributed by atoms with E-state index < -0.39 is 11.7 Å². The van der Waals surface area contributed by atoms with Crippen LogP contribution >= 0.6 is 0 Å². The van der Waals surface area contributed by atoms with Gasteiger partial charge in [0, 0.05) is 24.7 Å². The Balaban J connectivity index is 2.07. The molecule has 1 aromatic rings. The molecule has 2 unspecified atom stereocenters. The van der Waals surface area contributed by atoms with E-state index in [9.17, 15) is 18.0 Å². The van der Waals surface area contributed by atoms with Crippen LogP contribution in [0.1, 0.15) is 48.0 Å². The van der Waals surface area contributed by atoms with Crippen molar-refractivity contribution in [3.8, 4) is 0 Å². The maximum atomic E-state index is 12.7. The molecule has 1 amide bonds. The summed E-state index contributed by atoms with van der Waals surface area (Å²) in [6.07, 6.45) is 2.37. The molecular weight excluding hydrogens is 329 g/mol. The molecule has 0 heterocycles. The van der Waals surface area contributed by atoms with Gasteiger partial charge in [0.25, 0.3) is 5.91 Å². The van der Waals surface area contributed by atoms with Gasteiger partial charge in [0.1, 0.15) is 0 Å². The van der Waals surface area contributed by atoms with Gasteiger partial charge in [-0.25, -0.2) is 0 Å². The van der Waals surface area contributed by atoms with Crippen LogP contribution in [0.25, 0.3) is 0 Å². The van der Waals surface area contributed by atoms with Crippen LogP contribution in [0.15, 0.2) is 36.9 Å². The van der Waals surface area contributed by atoms with Crippen molar-refractivity contribution in [3.05, 3.63) is 48.0 Å². The zero-order valence-corrected chi connectivity index (χ0v) is 14.5. The summed E-state index contributed by atoms with van der Waals surface area (Å²) >= 11 is 0. The maximum absolute atomic E-state index is 12.7. The molecule has 1 aromatic carbocycles. The minimum atomic E-state index is -4.39. The van der Waals surface area contributed by atoms with Crippen molar-refractivity contribution in [2.45, 2.75) is 50.4 Å². The first-order valence-electron chi connectivity index (χ1n) is 8.63. The van der Waals surface area contributed by atoms with Gasteiger partial charge in [0.15, 0.2) is 0 Å². The van der Waals surface area contributed by atoms with Gasteiger partial charge in [-0.1, -0.05) is 18.9 Å². The second kappa shape index (κ2) is 8.52. The summed E-state index contributed by atoms with van der Waals surface area (Å²) in [7, 11) is 1.73. The molecule has 0 radical (unpaired) electrons. The molecule has 0 aromatic heterocycles. The lowest BCUT2D eigenvalue weighted by Crippen LogP contribution is -2.52. The second-order valence-corrected chi connectivity index (χ2v) is 6.48. The highest BCUT2D eigenvalue weighted by Crippen LogP contribution is 2.29. The lowest BCUT2D eigenvalue weighted by atomic mass is 9.89. The van der Waals surface area contributed by atoms with Crippen LogP contribution in [-0.4, -0.2) is 36.5 Å². The lowest BCUT2D eigenvalue weighted by Gasteiger charge is -2.38. The zero-order valence-electron chi connectivity index (χ0n) is 14.5. The van der Waals surface area contributed by atoms with E-state index in [2.05, 4.69) is 11.9 Å². The minimum absolute atomic E-state index is 0.0494. The van der Waals surface area contributed by atoms with E-state index in [1.165, 1.54) is 12.1 Å². The van der Waals surface area contributed by atoms with E-state index in [4.69, 9.17) is 0 Å². The number of rotatable bonds is 6. The normalized spacial score (nSPS) is 21.0. The number of benzene rings is 1. The summed E-state index contributed by atoms with van der Waals surface area (Å²) in [5.74, 6) is -0.240. The Morgan fingerprint density at radius 1 is 1.28 bits per heavy atom. The van der Waals surface area contributed by atoms with E-state index in [-0.39, 0.29) is 23.6 Å². The van der Waals surface area contributed by atoms with Crippen molar-refractivity contribution in [2.75, 3.05) is 13.6 Å². The molecule has 1 N–H and O–H groups in total. The van der Waals surface area contributed by atoms with Gasteiger partial charge in [-0.05, 0) is 50.1 Å². The molecule has 1 aliphatic rings. The minimum Gasteiger partial charge on any atom is -0.337 e. The highest BCUT2D eigenvalue weighted by atomic mass is 19.4. The Kier molecular flexibility index (Phi) is 6.64. The Hall–Kier alpha value is -1.82. The quantitative estimate of drug-likeness (QED) is 0.612. The van der Waals surface area contributed by atoms with Crippen molar-refractivity contribution >= 4 is 5.91 Å². The van der Waals surface area contributed by atoms with Gasteiger partial charge in [-0.2, -0.15) is 13.2 Å². The number of hydrogen-bond donors (Lipinski definition) is 1. The maximum Gasteiger partial charge on any atom is 0.416 e. The SMILES string of the molecule is C=CCCNC1CCCCC1N(C)C(=O)c1ccc(C(F)(F)F)cc1. The molecule has 3 nitrogen and oxygen atoms in total. The second-order valence-electron chi connectivity index (χ2n) is 6.48. The standard InChI is InChI=1S/C19H25F3N2O/c1-3-4-13-23-16-7-5-6-8-17(16)24(2)18(25)14-9-11-15(12-10-14)19(20,21)22/h3,9-12,16-17,23H,1,4-8,13H2,2H3. The summed E-state index contributed by atoms with van der Waals surface area (Å²) in [6, 6.07) is 4.68. The fraction of sp³-hybridized carbons (Fsp3) is 0.526. The van der Waals surface area contributed by atoms with Gasteiger partial charge in [-0.3, -0.25) is 4.79 Å². The number of nitrogens with zero attached hydrogens (tertiary/aromatic N) is 1. The first-order chi connectivity index (χ1) is 11.8. The first-order valence-corrected chi connectivity index (χ1v) is 8.63. The van der Waals surface area contributed by atoms with Gasteiger partial charge in [-0.15, -0.1) is 6.58 Å². The lowest BCUT2D eigenvalue weighted by molar-refractivity contribution is -0.137. The third-order valence-corrected chi connectivity index (χ3v) is 4.76. The Labute approximate surface area is 146 Å². The molecule has 1 aliphatic carbocycles. The molecule has 0 saturated heterocycles. The highest BCUT2D eigenvalue weighted by molar-refractivity contribution is 5.94. The molecule has 1 fully saturated rings. The monoisotopic (exact) mass is 354 g/mol. The fourth-order valence-corrected chi connectivity index (χ4v) is 3.34. The third kappa shape index (κ3) is 5.08. The fourth-order valence-electron chi connectivity index (χ4n) is 3.34. The Morgan fingerprint density at radius 2 is 1.92 bits per heavy atom. The van der Waals surface area contributed by atoms with Gasteiger partial charge in [0.2, 0.25) is 0 Å². The summed E-state index contributed by atoms with van der Waals surface area (Å²) in [5.41, 5.74) is -0.459. The van der Waals surface area contributed by atoms with E-state index in [1.54, 1.807) is 11.9 Å². The number of alkyl halides is 3. The van der Waals surface area contributed by atoms with Crippen molar-refractivity contribution in [1.29, 1.82) is 0 Å². The first kappa shape index (κ1) is 19.5. The van der Waals surface area contributed by atoms with Crippen LogP contribution in [0, 0.1) is 0 Å². The Morgan fingerprint density at radius 3 is 2.52 bits per heavy atom. The van der Waals surface area contributed by atoms with Crippen LogP contribution in [0.5, 0.6) is 0 Å². The van der Waals surface area contributed by atoms with Crippen molar-refractivity contribution in [2.24, 2.45) is 0 Å². The average molecular weight is 354 g/mol. The topological polar surface area (TPSA) is 32.3 Å². The molecule has 0 spiro atoms. The van der Waals surface area contributed by atoms with E-state index in [1.807, 2.05) is 6.08 Å². The molecular formula is C19H25F3N2O. The number of amides is 1. The highest BCUT2D eigenvalue weighted by Gasteiger charge is 2.32. The van der Waals surface area contributed by atoms with E-state index in [0.717, 1.165) is 50.8 Å². The molecule has 6 heteroatoms. The molecule has 138 valence electrons. The van der Waals surface area contributed by atoms with Crippen molar-refractivity contribution < 1.29 is 18.0 Å². The number of likely N-dealkylation sites (N-methyl/N-ethyl adjacent to an activating group) is 1. The number of carbonyl (C=O) groups excluding carboxylic acids is 1. The van der Waals surface area contributed by atoms with Gasteiger partial charge in [0.05, 0.1) is 5.56 Å². The smallest absolute Gasteiger partial charge is 0.337 e. The zero-order chi connectivity index (χ0) is 18.4. The predicted octanol–water partition coefficient (Wildman–Crippen LogP) is 4.25. The predicted molar refractivity (Wildman–Crippen MR) is 92.4 cm³/mol. The number of carbonyl (C=O) groups is 1. The molecule has 2 rings (SSSR count). The summed E-state index contributed by atoms with van der Waals surface area (Å²) < 4.78 is 38.0. The molecule has 0 aliphatic heterocycles. The van der Waals surface area contributed by atoms with Crippen LogP contribution in [0.2, 0.25) is 0 Å². The van der Waals surface area contributed by atoms with Gasteiger partial charge < -0.3 is 10.2 Å². The van der Waals surface area contributed by atoms with Crippen LogP contribution < -0.4 is 5.32 Å². The molecule has 2 atom stereocenters. The van der Waals surface area contributed by atoms with E-state index >= 15 is 0 Å². The summed E-state index contributed by atoms with van der Waals surface area (Å²) in [4.78, 5) is 14.4. The average Bonchev–Trinajstić information content (AvgIpc) is 2.60. The third-order valence-electron chi connectivity index (χ3n) is 4.76. The molecule has 0 bridgehead atoms. The number of nitrogens with one attached hydrogen (secondary N) is 1. The van der Waals surface area contributed by atoms with E-state index in [0.29, 0.717) is 0 Å². The number of halogens is 3. The largest absolute Gasteiger partial charge is 0.416 e. The van der Waals surface area contributed by atoms with Crippen molar-refractivity contribution in [1.82, 2.24) is 10.2 Å². The van der Waals surface area contributed by atoms with Crippen LogP contribution in [-0.2, 0) is 6.18 Å². The van der Waals surface area contributed by atoms with Crippen LogP contribution in [0.3, 0.4) is 0 Å². The summed E-state index contributed by atoms with van der Waals surface area (Å²) in [6.45, 7) is 4.52. The van der Waals surface area contributed by atoms with Gasteiger partial charge >= 0.3 is 6.18 Å². The molecule has 1 saturated carbocycles. The Bertz CT molecular complexity index is 583. The summed E-state index contributed by atoms with van der Waals surface area (Å²) in [5, 5.41) is 3.47. The molecule has 25 heavy (non-hydrogen) atoms.